The molecule has 0 spiro atoms. The van der Waals surface area contributed by atoms with E-state index in [1.54, 1.807) is 7.05 Å². The Labute approximate surface area is 137 Å². The highest BCUT2D eigenvalue weighted by Crippen LogP contribution is 2.25. The molecule has 1 fully saturated rings. The van der Waals surface area contributed by atoms with Gasteiger partial charge < -0.3 is 15.5 Å². The normalized spacial score (nSPS) is 19.8. The molecule has 0 amide bonds. The third kappa shape index (κ3) is 6.95. The maximum atomic E-state index is 12.8. The number of piperazine rings is 1. The number of hydrogen-bond acceptors (Lipinski definition) is 3. The van der Waals surface area contributed by atoms with E-state index >= 15 is 0 Å². The molecule has 23 heavy (non-hydrogen) atoms. The van der Waals surface area contributed by atoms with E-state index in [1.165, 1.54) is 11.8 Å². The molecule has 8 heteroatoms. The average Bonchev–Trinajstić information content (AvgIpc) is 2.45. The van der Waals surface area contributed by atoms with Crippen molar-refractivity contribution in [2.75, 3.05) is 46.3 Å². The number of guanidine groups is 1. The Bertz CT molecular complexity index is 382. The van der Waals surface area contributed by atoms with Crippen molar-refractivity contribution in [1.29, 1.82) is 0 Å². The van der Waals surface area contributed by atoms with Crippen LogP contribution in [0.4, 0.5) is 13.2 Å². The Kier molecular flexibility index (Phi) is 7.13. The molecule has 5 nitrogen and oxygen atoms in total. The Hall–Kier alpha value is -1.02. The number of aliphatic imine (C=N–C) groups is 1. The number of nitrogens with one attached hydrogen (secondary N) is 2. The monoisotopic (exact) mass is 337 g/mol. The lowest BCUT2D eigenvalue weighted by Gasteiger charge is -2.39. The van der Waals surface area contributed by atoms with Gasteiger partial charge in [-0.1, -0.05) is 0 Å². The predicted molar refractivity (Wildman–Crippen MR) is 87.8 cm³/mol. The van der Waals surface area contributed by atoms with Crippen LogP contribution < -0.4 is 10.6 Å². The van der Waals surface area contributed by atoms with E-state index in [2.05, 4.69) is 36.4 Å². The van der Waals surface area contributed by atoms with Crippen LogP contribution in [0.15, 0.2) is 4.99 Å². The van der Waals surface area contributed by atoms with Crippen molar-refractivity contribution in [2.45, 2.75) is 45.5 Å². The van der Waals surface area contributed by atoms with Crippen molar-refractivity contribution in [1.82, 2.24) is 20.4 Å². The van der Waals surface area contributed by atoms with Crippen LogP contribution in [0.25, 0.3) is 0 Å². The van der Waals surface area contributed by atoms with Gasteiger partial charge in [-0.05, 0) is 27.7 Å². The second kappa shape index (κ2) is 8.19. The van der Waals surface area contributed by atoms with Gasteiger partial charge in [0.2, 0.25) is 0 Å². The molecule has 0 bridgehead atoms. The summed E-state index contributed by atoms with van der Waals surface area (Å²) in [5.74, 6) is 0.750. The molecule has 1 aliphatic rings. The molecule has 0 aromatic rings. The summed E-state index contributed by atoms with van der Waals surface area (Å²) in [4.78, 5) is 7.72. The lowest BCUT2D eigenvalue weighted by molar-refractivity contribution is -0.181. The van der Waals surface area contributed by atoms with E-state index < -0.39 is 12.2 Å². The summed E-state index contributed by atoms with van der Waals surface area (Å²) in [6, 6.07) is -1.39. The molecule has 1 saturated heterocycles. The van der Waals surface area contributed by atoms with Crippen molar-refractivity contribution in [3.05, 3.63) is 0 Å². The van der Waals surface area contributed by atoms with Gasteiger partial charge in [0.25, 0.3) is 0 Å². The highest BCUT2D eigenvalue weighted by atomic mass is 19.4. The summed E-state index contributed by atoms with van der Waals surface area (Å²) in [6.45, 7) is 10.9. The number of rotatable bonds is 4. The number of hydrogen-bond donors (Lipinski definition) is 2. The summed E-state index contributed by atoms with van der Waals surface area (Å²) >= 11 is 0. The van der Waals surface area contributed by atoms with Crippen molar-refractivity contribution in [3.63, 3.8) is 0 Å². The highest BCUT2D eigenvalue weighted by Gasteiger charge is 2.41. The zero-order valence-electron chi connectivity index (χ0n) is 14.8. The van der Waals surface area contributed by atoms with Crippen LogP contribution in [0.1, 0.15) is 27.7 Å². The van der Waals surface area contributed by atoms with Gasteiger partial charge in [0.15, 0.2) is 5.96 Å². The molecule has 0 aromatic heterocycles. The molecule has 2 N–H and O–H groups in total. The third-order valence-corrected chi connectivity index (χ3v) is 3.91. The topological polar surface area (TPSA) is 42.9 Å². The molecule has 0 saturated carbocycles. The fraction of sp³-hybridized carbons (Fsp3) is 0.933. The fourth-order valence-corrected chi connectivity index (χ4v) is 2.47. The fourth-order valence-electron chi connectivity index (χ4n) is 2.47. The van der Waals surface area contributed by atoms with Crippen LogP contribution in [0.2, 0.25) is 0 Å². The first kappa shape index (κ1) is 20.0. The Morgan fingerprint density at radius 1 is 1.09 bits per heavy atom. The molecule has 1 heterocycles. The van der Waals surface area contributed by atoms with Gasteiger partial charge in [0, 0.05) is 51.9 Å². The standard InChI is InChI=1S/C15H30F3N5/c1-12(15(16,17)18)22-8-10-23(11-9-22)13(19-5)20-6-7-21-14(2,3)4/h12,21H,6-11H2,1-5H3,(H,19,20). The summed E-state index contributed by atoms with van der Waals surface area (Å²) < 4.78 is 38.3. The van der Waals surface area contributed by atoms with Crippen molar-refractivity contribution < 1.29 is 13.2 Å². The van der Waals surface area contributed by atoms with Crippen LogP contribution >= 0.6 is 0 Å². The molecular formula is C15H30F3N5. The lowest BCUT2D eigenvalue weighted by Crippen LogP contribution is -2.57. The van der Waals surface area contributed by atoms with E-state index in [1.807, 2.05) is 4.90 Å². The molecule has 0 aromatic carbocycles. The average molecular weight is 337 g/mol. The first-order valence-corrected chi connectivity index (χ1v) is 8.06. The molecule has 1 aliphatic heterocycles. The lowest BCUT2D eigenvalue weighted by atomic mass is 10.1. The molecule has 0 radical (unpaired) electrons. The first-order valence-electron chi connectivity index (χ1n) is 8.06. The van der Waals surface area contributed by atoms with Gasteiger partial charge in [-0.2, -0.15) is 13.2 Å². The molecular weight excluding hydrogens is 307 g/mol. The number of alkyl halides is 3. The highest BCUT2D eigenvalue weighted by molar-refractivity contribution is 5.80. The smallest absolute Gasteiger partial charge is 0.355 e. The van der Waals surface area contributed by atoms with Gasteiger partial charge in [0.05, 0.1) is 0 Å². The molecule has 1 rings (SSSR count). The zero-order valence-corrected chi connectivity index (χ0v) is 14.8. The Balaban J connectivity index is 2.39. The maximum Gasteiger partial charge on any atom is 0.403 e. The van der Waals surface area contributed by atoms with Crippen LogP contribution in [0.3, 0.4) is 0 Å². The SMILES string of the molecule is CN=C(NCCNC(C)(C)C)N1CCN(C(C)C(F)(F)F)CC1. The van der Waals surface area contributed by atoms with Crippen LogP contribution in [-0.2, 0) is 0 Å². The minimum absolute atomic E-state index is 0.0601. The van der Waals surface area contributed by atoms with Gasteiger partial charge in [-0.3, -0.25) is 9.89 Å². The molecule has 1 atom stereocenters. The number of nitrogens with zero attached hydrogens (tertiary/aromatic N) is 3. The summed E-state index contributed by atoms with van der Waals surface area (Å²) in [6.07, 6.45) is -4.17. The third-order valence-electron chi connectivity index (χ3n) is 3.91. The van der Waals surface area contributed by atoms with Crippen molar-refractivity contribution >= 4 is 5.96 Å². The van der Waals surface area contributed by atoms with Crippen LogP contribution in [0, 0.1) is 0 Å². The quantitative estimate of drug-likeness (QED) is 0.464. The van der Waals surface area contributed by atoms with E-state index in [0.717, 1.165) is 19.0 Å². The largest absolute Gasteiger partial charge is 0.403 e. The number of halogens is 3. The zero-order chi connectivity index (χ0) is 17.7. The van der Waals surface area contributed by atoms with Crippen molar-refractivity contribution in [2.24, 2.45) is 4.99 Å². The molecule has 1 unspecified atom stereocenters. The van der Waals surface area contributed by atoms with Crippen LogP contribution in [0.5, 0.6) is 0 Å². The van der Waals surface area contributed by atoms with E-state index in [9.17, 15) is 13.2 Å². The Morgan fingerprint density at radius 3 is 2.09 bits per heavy atom. The van der Waals surface area contributed by atoms with E-state index in [-0.39, 0.29) is 5.54 Å². The van der Waals surface area contributed by atoms with Crippen LogP contribution in [-0.4, -0.2) is 79.8 Å². The summed E-state index contributed by atoms with van der Waals surface area (Å²) in [5, 5.41) is 6.63. The van der Waals surface area contributed by atoms with E-state index in [0.29, 0.717) is 26.2 Å². The van der Waals surface area contributed by atoms with Gasteiger partial charge in [0.1, 0.15) is 6.04 Å². The summed E-state index contributed by atoms with van der Waals surface area (Å²) in [7, 11) is 1.70. The first-order chi connectivity index (χ1) is 10.5. The summed E-state index contributed by atoms with van der Waals surface area (Å²) in [5.41, 5.74) is 0.0601. The van der Waals surface area contributed by atoms with Gasteiger partial charge in [-0.15, -0.1) is 0 Å². The minimum atomic E-state index is -4.17. The van der Waals surface area contributed by atoms with Crippen molar-refractivity contribution in [3.8, 4) is 0 Å². The minimum Gasteiger partial charge on any atom is -0.355 e. The maximum absolute atomic E-state index is 12.8. The second-order valence-corrected chi connectivity index (χ2v) is 6.89. The predicted octanol–water partition coefficient (Wildman–Crippen LogP) is 1.52. The van der Waals surface area contributed by atoms with Gasteiger partial charge in [-0.25, -0.2) is 0 Å². The van der Waals surface area contributed by atoms with E-state index in [4.69, 9.17) is 0 Å². The molecule has 0 aliphatic carbocycles. The molecule has 136 valence electrons. The Morgan fingerprint density at radius 2 is 1.65 bits per heavy atom. The van der Waals surface area contributed by atoms with Gasteiger partial charge >= 0.3 is 6.18 Å². The second-order valence-electron chi connectivity index (χ2n) is 6.89.